The summed E-state index contributed by atoms with van der Waals surface area (Å²) in [5.41, 5.74) is -0.606. The van der Waals surface area contributed by atoms with Gasteiger partial charge in [0, 0.05) is 6.07 Å². The molecule has 0 aliphatic heterocycles. The first-order valence-corrected chi connectivity index (χ1v) is 6.69. The van der Waals surface area contributed by atoms with Gasteiger partial charge in [0.05, 0.1) is 24.4 Å². The van der Waals surface area contributed by atoms with E-state index in [4.69, 9.17) is 0 Å². The summed E-state index contributed by atoms with van der Waals surface area (Å²) in [5, 5.41) is 19.0. The van der Waals surface area contributed by atoms with Gasteiger partial charge in [0.15, 0.2) is 0 Å². The number of carbonyl (C=O) groups excluding carboxylic acids is 1. The topological polar surface area (TPSA) is 79.2 Å². The smallest absolute Gasteiger partial charge is 0.320 e. The lowest BCUT2D eigenvalue weighted by Gasteiger charge is -2.27. The van der Waals surface area contributed by atoms with Crippen LogP contribution in [0, 0.1) is 0 Å². The van der Waals surface area contributed by atoms with E-state index in [1.165, 1.54) is 0 Å². The molecule has 108 valence electrons. The van der Waals surface area contributed by atoms with Gasteiger partial charge in [-0.2, -0.15) is 5.10 Å². The summed E-state index contributed by atoms with van der Waals surface area (Å²) in [6.45, 7) is 7.73. The van der Waals surface area contributed by atoms with Gasteiger partial charge in [-0.3, -0.25) is 5.32 Å². The molecule has 6 nitrogen and oxygen atoms in total. The van der Waals surface area contributed by atoms with Gasteiger partial charge in [-0.25, -0.2) is 9.48 Å². The minimum Gasteiger partial charge on any atom is -0.394 e. The second-order valence-electron chi connectivity index (χ2n) is 5.07. The molecule has 6 heteroatoms. The molecule has 1 rings (SSSR count). The number of aliphatic hydroxyl groups is 1. The van der Waals surface area contributed by atoms with E-state index < -0.39 is 5.54 Å². The van der Waals surface area contributed by atoms with Crippen molar-refractivity contribution >= 4 is 11.8 Å². The van der Waals surface area contributed by atoms with Crippen LogP contribution in [0.25, 0.3) is 0 Å². The molecule has 0 aromatic carbocycles. The summed E-state index contributed by atoms with van der Waals surface area (Å²) in [6, 6.07) is 1.65. The normalized spacial score (nSPS) is 15.6. The van der Waals surface area contributed by atoms with Crippen molar-refractivity contribution in [3.05, 3.63) is 12.3 Å². The molecule has 2 amide bonds. The first-order chi connectivity index (χ1) is 8.95. The Labute approximate surface area is 114 Å². The van der Waals surface area contributed by atoms with E-state index >= 15 is 0 Å². The van der Waals surface area contributed by atoms with Gasteiger partial charge in [0.2, 0.25) is 0 Å². The van der Waals surface area contributed by atoms with Crippen LogP contribution in [0.15, 0.2) is 12.3 Å². The first kappa shape index (κ1) is 15.5. The Bertz CT molecular complexity index is 413. The van der Waals surface area contributed by atoms with Crippen LogP contribution in [-0.4, -0.2) is 33.1 Å². The quantitative estimate of drug-likeness (QED) is 0.739. The Balaban J connectivity index is 2.70. The second kappa shape index (κ2) is 6.56. The third-order valence-corrected chi connectivity index (χ3v) is 3.46. The lowest BCUT2D eigenvalue weighted by atomic mass is 10.0. The monoisotopic (exact) mass is 268 g/mol. The van der Waals surface area contributed by atoms with E-state index in [9.17, 15) is 9.90 Å². The summed E-state index contributed by atoms with van der Waals surface area (Å²) >= 11 is 0. The molecule has 2 atom stereocenters. The van der Waals surface area contributed by atoms with E-state index in [-0.39, 0.29) is 18.7 Å². The summed E-state index contributed by atoms with van der Waals surface area (Å²) in [5.74, 6) is 0.656. The molecule has 2 unspecified atom stereocenters. The van der Waals surface area contributed by atoms with Crippen molar-refractivity contribution in [2.24, 2.45) is 0 Å². The van der Waals surface area contributed by atoms with Crippen molar-refractivity contribution in [2.45, 2.75) is 52.1 Å². The van der Waals surface area contributed by atoms with Gasteiger partial charge in [0.25, 0.3) is 0 Å². The molecule has 0 radical (unpaired) electrons. The number of amides is 2. The number of nitrogens with one attached hydrogen (secondary N) is 2. The number of hydrogen-bond donors (Lipinski definition) is 3. The Kier molecular flexibility index (Phi) is 5.35. The average Bonchev–Trinajstić information content (AvgIpc) is 2.85. The Morgan fingerprint density at radius 3 is 2.79 bits per heavy atom. The van der Waals surface area contributed by atoms with Crippen molar-refractivity contribution in [3.8, 4) is 0 Å². The first-order valence-electron chi connectivity index (χ1n) is 6.69. The van der Waals surface area contributed by atoms with Gasteiger partial charge in [-0.05, 0) is 26.7 Å². The fourth-order valence-corrected chi connectivity index (χ4v) is 1.60. The van der Waals surface area contributed by atoms with Crippen LogP contribution in [-0.2, 0) is 0 Å². The molecule has 3 N–H and O–H groups in total. The van der Waals surface area contributed by atoms with E-state index in [1.54, 1.807) is 23.9 Å². The molecule has 0 saturated carbocycles. The van der Waals surface area contributed by atoms with Crippen molar-refractivity contribution in [1.29, 1.82) is 0 Å². The number of carbonyl (C=O) groups is 1. The average molecular weight is 268 g/mol. The predicted octanol–water partition coefficient (Wildman–Crippen LogP) is 2.14. The van der Waals surface area contributed by atoms with E-state index in [0.717, 1.165) is 6.42 Å². The zero-order valence-electron chi connectivity index (χ0n) is 12.1. The van der Waals surface area contributed by atoms with E-state index in [2.05, 4.69) is 22.7 Å². The largest absolute Gasteiger partial charge is 0.394 e. The molecular weight excluding hydrogens is 244 g/mol. The summed E-state index contributed by atoms with van der Waals surface area (Å²) in [4.78, 5) is 11.9. The molecule has 0 spiro atoms. The molecule has 0 fully saturated rings. The maximum Gasteiger partial charge on any atom is 0.320 e. The highest BCUT2D eigenvalue weighted by atomic mass is 16.3. The highest BCUT2D eigenvalue weighted by molar-refractivity contribution is 5.88. The lowest BCUT2D eigenvalue weighted by molar-refractivity contribution is 0.172. The van der Waals surface area contributed by atoms with E-state index in [0.29, 0.717) is 12.2 Å². The minimum absolute atomic E-state index is 0.0957. The molecule has 1 heterocycles. The lowest BCUT2D eigenvalue weighted by Crippen LogP contribution is -2.50. The Morgan fingerprint density at radius 1 is 1.58 bits per heavy atom. The van der Waals surface area contributed by atoms with Gasteiger partial charge in [-0.1, -0.05) is 13.8 Å². The van der Waals surface area contributed by atoms with Crippen LogP contribution in [0.1, 0.15) is 46.6 Å². The minimum atomic E-state index is -0.606. The number of hydrogen-bond acceptors (Lipinski definition) is 3. The van der Waals surface area contributed by atoms with Crippen LogP contribution < -0.4 is 10.6 Å². The summed E-state index contributed by atoms with van der Waals surface area (Å²) < 4.78 is 1.78. The standard InChI is InChI=1S/C13H24N4O2/c1-5-10(3)17-11(7-8-14-17)15-12(19)16-13(4,6-2)9-18/h7-8,10,18H,5-6,9H2,1-4H3,(H2,15,16,19). The molecule has 0 aliphatic carbocycles. The molecule has 0 aliphatic rings. The van der Waals surface area contributed by atoms with Gasteiger partial charge in [0.1, 0.15) is 5.82 Å². The van der Waals surface area contributed by atoms with Gasteiger partial charge in [-0.15, -0.1) is 0 Å². The van der Waals surface area contributed by atoms with Crippen molar-refractivity contribution in [1.82, 2.24) is 15.1 Å². The van der Waals surface area contributed by atoms with Crippen LogP contribution in [0.5, 0.6) is 0 Å². The SMILES string of the molecule is CCC(C)n1nccc1NC(=O)NC(C)(CC)CO. The van der Waals surface area contributed by atoms with Crippen LogP contribution in [0.4, 0.5) is 10.6 Å². The fraction of sp³-hybridized carbons (Fsp3) is 0.692. The number of urea groups is 1. The number of nitrogens with zero attached hydrogens (tertiary/aromatic N) is 2. The summed E-state index contributed by atoms with van der Waals surface area (Å²) in [6.07, 6.45) is 3.25. The number of rotatable bonds is 6. The highest BCUT2D eigenvalue weighted by Crippen LogP contribution is 2.16. The molecular formula is C13H24N4O2. The van der Waals surface area contributed by atoms with Gasteiger partial charge >= 0.3 is 6.03 Å². The Morgan fingerprint density at radius 2 is 2.26 bits per heavy atom. The zero-order chi connectivity index (χ0) is 14.5. The Hall–Kier alpha value is -1.56. The predicted molar refractivity (Wildman–Crippen MR) is 75.2 cm³/mol. The maximum atomic E-state index is 11.9. The van der Waals surface area contributed by atoms with Crippen LogP contribution >= 0.6 is 0 Å². The third-order valence-electron chi connectivity index (χ3n) is 3.46. The van der Waals surface area contributed by atoms with Crippen LogP contribution in [0.3, 0.4) is 0 Å². The maximum absolute atomic E-state index is 11.9. The molecule has 1 aromatic heterocycles. The zero-order valence-corrected chi connectivity index (χ0v) is 12.1. The second-order valence-corrected chi connectivity index (χ2v) is 5.07. The number of anilines is 1. The van der Waals surface area contributed by atoms with E-state index in [1.807, 2.05) is 13.8 Å². The highest BCUT2D eigenvalue weighted by Gasteiger charge is 2.23. The number of aromatic nitrogens is 2. The van der Waals surface area contributed by atoms with Crippen molar-refractivity contribution in [2.75, 3.05) is 11.9 Å². The molecule has 0 bridgehead atoms. The van der Waals surface area contributed by atoms with Gasteiger partial charge < -0.3 is 10.4 Å². The molecule has 1 aromatic rings. The number of aliphatic hydroxyl groups excluding tert-OH is 1. The van der Waals surface area contributed by atoms with Crippen molar-refractivity contribution < 1.29 is 9.90 Å². The van der Waals surface area contributed by atoms with Crippen LogP contribution in [0.2, 0.25) is 0 Å². The fourth-order valence-electron chi connectivity index (χ4n) is 1.60. The van der Waals surface area contributed by atoms with Crippen molar-refractivity contribution in [3.63, 3.8) is 0 Å². The molecule has 0 saturated heterocycles. The summed E-state index contributed by atoms with van der Waals surface area (Å²) in [7, 11) is 0. The third kappa shape index (κ3) is 3.96. The molecule has 19 heavy (non-hydrogen) atoms.